The number of pyridine rings is 1. The summed E-state index contributed by atoms with van der Waals surface area (Å²) < 4.78 is 5.54. The molecular weight excluding hydrogens is 362 g/mol. The monoisotopic (exact) mass is 395 g/mol. The van der Waals surface area contributed by atoms with Gasteiger partial charge in [-0.2, -0.15) is 4.98 Å². The summed E-state index contributed by atoms with van der Waals surface area (Å²) in [6.45, 7) is 8.78. The van der Waals surface area contributed by atoms with E-state index >= 15 is 0 Å². The first-order valence-corrected chi connectivity index (χ1v) is 10.6. The van der Waals surface area contributed by atoms with Gasteiger partial charge in [0.15, 0.2) is 0 Å². The third kappa shape index (κ3) is 4.19. The highest BCUT2D eigenvalue weighted by Crippen LogP contribution is 2.37. The van der Waals surface area contributed by atoms with Gasteiger partial charge in [0.1, 0.15) is 5.82 Å². The van der Waals surface area contributed by atoms with Gasteiger partial charge in [0.25, 0.3) is 0 Å². The number of aromatic nitrogens is 1. The molecule has 1 aromatic carbocycles. The van der Waals surface area contributed by atoms with E-state index < -0.39 is 0 Å². The van der Waals surface area contributed by atoms with E-state index in [-0.39, 0.29) is 0 Å². The molecule has 2 aromatic rings. The number of nitrogens with two attached hydrogens (primary N) is 1. The van der Waals surface area contributed by atoms with Crippen LogP contribution in [0.25, 0.3) is 11.1 Å². The molecule has 156 valence electrons. The largest absolute Gasteiger partial charge is 0.481 e. The van der Waals surface area contributed by atoms with E-state index in [9.17, 15) is 0 Å². The highest BCUT2D eigenvalue weighted by Gasteiger charge is 2.28. The Kier molecular flexibility index (Phi) is 5.92. The number of nitrogen functional groups attached to an aromatic ring is 1. The zero-order valence-electron chi connectivity index (χ0n) is 17.9. The Morgan fingerprint density at radius 3 is 2.34 bits per heavy atom. The summed E-state index contributed by atoms with van der Waals surface area (Å²) in [5.74, 6) is 1.68. The molecule has 0 amide bonds. The number of hydrogen-bond donors (Lipinski definition) is 1. The van der Waals surface area contributed by atoms with Crippen LogP contribution in [-0.2, 0) is 0 Å². The van der Waals surface area contributed by atoms with Gasteiger partial charge in [0.2, 0.25) is 5.88 Å². The predicted molar refractivity (Wildman–Crippen MR) is 120 cm³/mol. The molecule has 6 heteroatoms. The second-order valence-electron chi connectivity index (χ2n) is 8.33. The molecule has 0 unspecified atom stereocenters. The highest BCUT2D eigenvalue weighted by molar-refractivity contribution is 5.84. The number of piperidine rings is 1. The number of benzene rings is 1. The van der Waals surface area contributed by atoms with E-state index in [1.54, 1.807) is 7.11 Å². The van der Waals surface area contributed by atoms with Gasteiger partial charge in [-0.1, -0.05) is 18.2 Å². The van der Waals surface area contributed by atoms with E-state index in [4.69, 9.17) is 15.5 Å². The van der Waals surface area contributed by atoms with Crippen LogP contribution in [0.15, 0.2) is 30.3 Å². The summed E-state index contributed by atoms with van der Waals surface area (Å²) in [5.41, 5.74) is 10.3. The van der Waals surface area contributed by atoms with Gasteiger partial charge in [0.05, 0.1) is 7.11 Å². The van der Waals surface area contributed by atoms with Crippen LogP contribution >= 0.6 is 0 Å². The van der Waals surface area contributed by atoms with Crippen LogP contribution in [0.3, 0.4) is 0 Å². The lowest BCUT2D eigenvalue weighted by molar-refractivity contribution is 0.0981. The summed E-state index contributed by atoms with van der Waals surface area (Å²) in [7, 11) is 3.91. The summed E-state index contributed by atoms with van der Waals surface area (Å²) in [6.07, 6.45) is 2.34. The van der Waals surface area contributed by atoms with Gasteiger partial charge in [-0.25, -0.2) is 0 Å². The number of hydrogen-bond acceptors (Lipinski definition) is 6. The summed E-state index contributed by atoms with van der Waals surface area (Å²) in [4.78, 5) is 12.4. The maximum absolute atomic E-state index is 6.31. The Hall–Kier alpha value is -2.31. The summed E-state index contributed by atoms with van der Waals surface area (Å²) in [5, 5.41) is 0. The lowest BCUT2D eigenvalue weighted by Gasteiger charge is -2.42. The molecule has 1 aromatic heterocycles. The van der Waals surface area contributed by atoms with Crippen molar-refractivity contribution in [3.8, 4) is 17.0 Å². The lowest BCUT2D eigenvalue weighted by atomic mass is 9.99. The SMILES string of the molecule is COc1nc(N2CCC(N3CCN(C)CC3)CC2)c(-c2ccccc2N)cc1C. The Morgan fingerprint density at radius 2 is 1.69 bits per heavy atom. The minimum atomic E-state index is 0.678. The van der Waals surface area contributed by atoms with E-state index in [0.29, 0.717) is 11.9 Å². The Labute approximate surface area is 174 Å². The number of piperazine rings is 1. The third-order valence-corrected chi connectivity index (χ3v) is 6.41. The maximum Gasteiger partial charge on any atom is 0.217 e. The van der Waals surface area contributed by atoms with Crippen LogP contribution < -0.4 is 15.4 Å². The molecule has 2 N–H and O–H groups in total. The molecule has 2 fully saturated rings. The van der Waals surface area contributed by atoms with Crippen molar-refractivity contribution in [3.63, 3.8) is 0 Å². The molecule has 0 bridgehead atoms. The number of anilines is 2. The minimum absolute atomic E-state index is 0.678. The van der Waals surface area contributed by atoms with Crippen LogP contribution in [0, 0.1) is 6.92 Å². The second-order valence-corrected chi connectivity index (χ2v) is 8.33. The quantitative estimate of drug-likeness (QED) is 0.804. The van der Waals surface area contributed by atoms with Crippen molar-refractivity contribution in [2.45, 2.75) is 25.8 Å². The fraction of sp³-hybridized carbons (Fsp3) is 0.522. The number of ether oxygens (including phenoxy) is 1. The molecular formula is C23H33N5O. The molecule has 2 aliphatic heterocycles. The van der Waals surface area contributed by atoms with Crippen LogP contribution in [0.4, 0.5) is 11.5 Å². The predicted octanol–water partition coefficient (Wildman–Crippen LogP) is 2.86. The average Bonchev–Trinajstić information content (AvgIpc) is 2.75. The maximum atomic E-state index is 6.31. The zero-order valence-corrected chi connectivity index (χ0v) is 17.9. The average molecular weight is 396 g/mol. The topological polar surface area (TPSA) is 57.9 Å². The Balaban J connectivity index is 1.57. The van der Waals surface area contributed by atoms with Crippen molar-refractivity contribution in [3.05, 3.63) is 35.9 Å². The molecule has 2 aliphatic rings. The molecule has 0 atom stereocenters. The van der Waals surface area contributed by atoms with Gasteiger partial charge in [-0.15, -0.1) is 0 Å². The first kappa shape index (κ1) is 20.0. The number of rotatable bonds is 4. The van der Waals surface area contributed by atoms with Crippen molar-refractivity contribution in [1.82, 2.24) is 14.8 Å². The van der Waals surface area contributed by atoms with Crippen LogP contribution in [0.5, 0.6) is 5.88 Å². The highest BCUT2D eigenvalue weighted by atomic mass is 16.5. The van der Waals surface area contributed by atoms with Gasteiger partial charge < -0.3 is 20.3 Å². The van der Waals surface area contributed by atoms with Gasteiger partial charge in [-0.3, -0.25) is 4.90 Å². The standard InChI is InChI=1S/C23H33N5O/c1-17-16-20(19-6-4-5-7-21(19)24)22(25-23(17)29-3)28-10-8-18(9-11-28)27-14-12-26(2)13-15-27/h4-7,16,18H,8-15,24H2,1-3H3. The molecule has 3 heterocycles. The van der Waals surface area contributed by atoms with Crippen LogP contribution in [-0.4, -0.2) is 74.3 Å². The van der Waals surface area contributed by atoms with Crippen LogP contribution in [0.2, 0.25) is 0 Å². The molecule has 2 saturated heterocycles. The first-order valence-electron chi connectivity index (χ1n) is 10.6. The van der Waals surface area contributed by atoms with E-state index in [0.717, 1.165) is 41.3 Å². The number of para-hydroxylation sites is 1. The normalized spacial score (nSPS) is 19.5. The van der Waals surface area contributed by atoms with E-state index in [1.165, 1.54) is 39.0 Å². The first-order chi connectivity index (χ1) is 14.1. The smallest absolute Gasteiger partial charge is 0.217 e. The van der Waals surface area contributed by atoms with E-state index in [1.807, 2.05) is 25.1 Å². The molecule has 0 radical (unpaired) electrons. The number of likely N-dealkylation sites (N-methyl/N-ethyl adjacent to an activating group) is 1. The number of aryl methyl sites for hydroxylation is 1. The molecule has 0 aliphatic carbocycles. The second kappa shape index (κ2) is 8.59. The summed E-state index contributed by atoms with van der Waals surface area (Å²) in [6, 6.07) is 10.9. The van der Waals surface area contributed by atoms with Gasteiger partial charge in [0, 0.05) is 67.7 Å². The molecule has 0 saturated carbocycles. The molecule has 29 heavy (non-hydrogen) atoms. The van der Waals surface area contributed by atoms with E-state index in [2.05, 4.69) is 33.9 Å². The minimum Gasteiger partial charge on any atom is -0.481 e. The Bertz CT molecular complexity index is 839. The molecule has 4 rings (SSSR count). The fourth-order valence-electron chi connectivity index (χ4n) is 4.61. The fourth-order valence-corrected chi connectivity index (χ4v) is 4.61. The van der Waals surface area contributed by atoms with Gasteiger partial charge >= 0.3 is 0 Å². The van der Waals surface area contributed by atoms with Gasteiger partial charge in [-0.05, 0) is 38.9 Å². The van der Waals surface area contributed by atoms with Crippen molar-refractivity contribution in [2.24, 2.45) is 0 Å². The van der Waals surface area contributed by atoms with Crippen LogP contribution in [0.1, 0.15) is 18.4 Å². The number of nitrogens with zero attached hydrogens (tertiary/aromatic N) is 4. The van der Waals surface area contributed by atoms with Crippen molar-refractivity contribution >= 4 is 11.5 Å². The van der Waals surface area contributed by atoms with Crippen molar-refractivity contribution in [2.75, 3.05) is 64.1 Å². The Morgan fingerprint density at radius 1 is 1.00 bits per heavy atom. The number of methoxy groups -OCH3 is 1. The van der Waals surface area contributed by atoms with Crippen molar-refractivity contribution in [1.29, 1.82) is 0 Å². The lowest BCUT2D eigenvalue weighted by Crippen LogP contribution is -2.52. The third-order valence-electron chi connectivity index (χ3n) is 6.41. The zero-order chi connectivity index (χ0) is 20.4. The van der Waals surface area contributed by atoms with Crippen molar-refractivity contribution < 1.29 is 4.74 Å². The summed E-state index contributed by atoms with van der Waals surface area (Å²) >= 11 is 0. The molecule has 0 spiro atoms. The molecule has 6 nitrogen and oxygen atoms in total.